The fourth-order valence-corrected chi connectivity index (χ4v) is 2.40. The maximum atomic E-state index is 12.8. The molecule has 1 N–H and O–H groups in total. The number of nitrogens with zero attached hydrogens (tertiary/aromatic N) is 4. The van der Waals surface area contributed by atoms with E-state index in [0.717, 1.165) is 4.68 Å². The lowest BCUT2D eigenvalue weighted by Gasteiger charge is -2.08. The Kier molecular flexibility index (Phi) is 4.83. The zero-order chi connectivity index (χ0) is 19.6. The number of pyridine rings is 1. The van der Waals surface area contributed by atoms with Crippen LogP contribution in [0.5, 0.6) is 0 Å². The summed E-state index contributed by atoms with van der Waals surface area (Å²) in [6.07, 6.45) is -3.27. The van der Waals surface area contributed by atoms with Gasteiger partial charge in [-0.05, 0) is 36.4 Å². The van der Waals surface area contributed by atoms with Crippen molar-refractivity contribution in [1.82, 2.24) is 14.8 Å². The Morgan fingerprint density at radius 3 is 2.48 bits per heavy atom. The maximum absolute atomic E-state index is 12.8. The summed E-state index contributed by atoms with van der Waals surface area (Å²) in [6, 6.07) is 11.0. The summed E-state index contributed by atoms with van der Waals surface area (Å²) in [7, 11) is 0. The molecule has 2 heterocycles. The lowest BCUT2D eigenvalue weighted by Crippen LogP contribution is -2.12. The molecule has 0 saturated heterocycles. The van der Waals surface area contributed by atoms with Crippen LogP contribution in [0.25, 0.3) is 5.69 Å². The Labute approximate surface area is 155 Å². The molecule has 0 aliphatic carbocycles. The van der Waals surface area contributed by atoms with Crippen molar-refractivity contribution in [2.24, 2.45) is 0 Å². The average molecular weight is 392 g/mol. The molecule has 0 saturated carbocycles. The first-order valence-corrected chi connectivity index (χ1v) is 7.76. The van der Waals surface area contributed by atoms with Crippen molar-refractivity contribution in [2.45, 2.75) is 6.18 Å². The molecule has 1 amide bonds. The lowest BCUT2D eigenvalue weighted by atomic mass is 10.2. The van der Waals surface area contributed by atoms with Crippen molar-refractivity contribution in [3.63, 3.8) is 0 Å². The fraction of sp³-hybridized carbons (Fsp3) is 0.0588. The molecule has 3 rings (SSSR count). The minimum absolute atomic E-state index is 0.168. The first-order chi connectivity index (χ1) is 12.8. The van der Waals surface area contributed by atoms with Crippen molar-refractivity contribution in [2.75, 3.05) is 5.32 Å². The number of rotatable bonds is 3. The highest BCUT2D eigenvalue weighted by molar-refractivity contribution is 6.29. The molecule has 0 unspecified atom stereocenters. The van der Waals surface area contributed by atoms with Gasteiger partial charge in [-0.15, -0.1) is 0 Å². The zero-order valence-electron chi connectivity index (χ0n) is 13.3. The SMILES string of the molecule is N#Cc1cc(C(F)(F)F)nn1-c1ccc(NC(=O)c2ccnc(Cl)c2)cc1. The van der Waals surface area contributed by atoms with Gasteiger partial charge in [-0.25, -0.2) is 9.67 Å². The summed E-state index contributed by atoms with van der Waals surface area (Å²) in [5.74, 6) is -0.428. The first kappa shape index (κ1) is 18.4. The Balaban J connectivity index is 1.83. The van der Waals surface area contributed by atoms with Crippen molar-refractivity contribution >= 4 is 23.2 Å². The van der Waals surface area contributed by atoms with Gasteiger partial charge in [0, 0.05) is 23.5 Å². The molecule has 1 aromatic carbocycles. The third-order valence-electron chi connectivity index (χ3n) is 3.47. The normalized spacial score (nSPS) is 11.1. The average Bonchev–Trinajstić information content (AvgIpc) is 3.07. The number of aromatic nitrogens is 3. The standard InChI is InChI=1S/C17H9ClF3N5O/c18-15-7-10(5-6-23-15)16(27)24-11-1-3-12(4-2-11)26-13(9-22)8-14(25-26)17(19,20)21/h1-8H,(H,24,27). The minimum atomic E-state index is -4.66. The molecule has 0 fully saturated rings. The van der Waals surface area contributed by atoms with E-state index in [0.29, 0.717) is 17.3 Å². The molecule has 0 aliphatic rings. The number of anilines is 1. The van der Waals surface area contributed by atoms with Gasteiger partial charge in [-0.1, -0.05) is 11.6 Å². The van der Waals surface area contributed by atoms with Gasteiger partial charge in [0.1, 0.15) is 16.9 Å². The van der Waals surface area contributed by atoms with Gasteiger partial charge in [-0.3, -0.25) is 4.79 Å². The van der Waals surface area contributed by atoms with E-state index >= 15 is 0 Å². The summed E-state index contributed by atoms with van der Waals surface area (Å²) in [5, 5.41) is 15.3. The second-order valence-electron chi connectivity index (χ2n) is 5.30. The fourth-order valence-electron chi connectivity index (χ4n) is 2.23. The van der Waals surface area contributed by atoms with E-state index in [-0.39, 0.29) is 16.5 Å². The maximum Gasteiger partial charge on any atom is 0.435 e. The monoisotopic (exact) mass is 391 g/mol. The van der Waals surface area contributed by atoms with Crippen molar-refractivity contribution in [3.05, 3.63) is 70.8 Å². The third-order valence-corrected chi connectivity index (χ3v) is 3.68. The summed E-state index contributed by atoms with van der Waals surface area (Å²) >= 11 is 5.74. The number of halogens is 4. The number of nitriles is 1. The predicted molar refractivity (Wildman–Crippen MR) is 90.5 cm³/mol. The van der Waals surface area contributed by atoms with Gasteiger partial charge in [0.2, 0.25) is 0 Å². The number of carbonyl (C=O) groups excluding carboxylic acids is 1. The van der Waals surface area contributed by atoms with Crippen LogP contribution >= 0.6 is 11.6 Å². The number of nitrogens with one attached hydrogen (secondary N) is 1. The topological polar surface area (TPSA) is 83.6 Å². The van der Waals surface area contributed by atoms with E-state index < -0.39 is 17.8 Å². The van der Waals surface area contributed by atoms with Gasteiger partial charge in [0.05, 0.1) is 5.69 Å². The van der Waals surface area contributed by atoms with Crippen LogP contribution in [0.15, 0.2) is 48.7 Å². The molecule has 136 valence electrons. The highest BCUT2D eigenvalue weighted by Crippen LogP contribution is 2.29. The van der Waals surface area contributed by atoms with Gasteiger partial charge >= 0.3 is 6.18 Å². The number of alkyl halides is 3. The number of carbonyl (C=O) groups is 1. The summed E-state index contributed by atoms with van der Waals surface area (Å²) in [4.78, 5) is 15.9. The van der Waals surface area contributed by atoms with E-state index in [1.165, 1.54) is 42.6 Å². The highest BCUT2D eigenvalue weighted by Gasteiger charge is 2.35. The summed E-state index contributed by atoms with van der Waals surface area (Å²) in [6.45, 7) is 0. The van der Waals surface area contributed by atoms with Crippen LogP contribution in [0.4, 0.5) is 18.9 Å². The van der Waals surface area contributed by atoms with Crippen molar-refractivity contribution in [1.29, 1.82) is 5.26 Å². The second-order valence-corrected chi connectivity index (χ2v) is 5.69. The van der Waals surface area contributed by atoms with Gasteiger partial charge < -0.3 is 5.32 Å². The number of benzene rings is 1. The van der Waals surface area contributed by atoms with E-state index in [9.17, 15) is 18.0 Å². The largest absolute Gasteiger partial charge is 0.435 e. The van der Waals surface area contributed by atoms with E-state index in [1.54, 1.807) is 6.07 Å². The van der Waals surface area contributed by atoms with Crippen LogP contribution in [-0.4, -0.2) is 20.7 Å². The van der Waals surface area contributed by atoms with Crippen LogP contribution in [0.3, 0.4) is 0 Å². The van der Waals surface area contributed by atoms with Gasteiger partial charge in [0.15, 0.2) is 5.69 Å². The molecular formula is C17H9ClF3N5O. The van der Waals surface area contributed by atoms with Gasteiger partial charge in [-0.2, -0.15) is 23.5 Å². The van der Waals surface area contributed by atoms with Crippen molar-refractivity contribution in [3.8, 4) is 11.8 Å². The number of amides is 1. The number of hydrogen-bond donors (Lipinski definition) is 1. The second kappa shape index (κ2) is 7.09. The van der Waals surface area contributed by atoms with Crippen molar-refractivity contribution < 1.29 is 18.0 Å². The molecule has 0 spiro atoms. The highest BCUT2D eigenvalue weighted by atomic mass is 35.5. The van der Waals surface area contributed by atoms with Crippen LogP contribution in [0.1, 0.15) is 21.7 Å². The Hall–Kier alpha value is -3.38. The molecule has 27 heavy (non-hydrogen) atoms. The van der Waals surface area contributed by atoms with E-state index in [4.69, 9.17) is 16.9 Å². The number of hydrogen-bond acceptors (Lipinski definition) is 4. The molecule has 0 atom stereocenters. The molecule has 0 bridgehead atoms. The summed E-state index contributed by atoms with van der Waals surface area (Å²) < 4.78 is 39.2. The van der Waals surface area contributed by atoms with Crippen LogP contribution in [0, 0.1) is 11.3 Å². The van der Waals surface area contributed by atoms with E-state index in [2.05, 4.69) is 15.4 Å². The Morgan fingerprint density at radius 1 is 1.19 bits per heavy atom. The third kappa shape index (κ3) is 4.07. The quantitative estimate of drug-likeness (QED) is 0.682. The zero-order valence-corrected chi connectivity index (χ0v) is 14.1. The minimum Gasteiger partial charge on any atom is -0.322 e. The predicted octanol–water partition coefficient (Wildman–Crippen LogP) is 4.06. The van der Waals surface area contributed by atoms with E-state index in [1.807, 2.05) is 0 Å². The summed E-state index contributed by atoms with van der Waals surface area (Å²) in [5.41, 5.74) is -0.477. The van der Waals surface area contributed by atoms with Crippen LogP contribution in [-0.2, 0) is 6.18 Å². The molecule has 2 aromatic heterocycles. The van der Waals surface area contributed by atoms with Crippen LogP contribution in [0.2, 0.25) is 5.15 Å². The van der Waals surface area contributed by atoms with Crippen LogP contribution < -0.4 is 5.32 Å². The molecule has 0 aliphatic heterocycles. The lowest BCUT2D eigenvalue weighted by molar-refractivity contribution is -0.141. The van der Waals surface area contributed by atoms with Gasteiger partial charge in [0.25, 0.3) is 5.91 Å². The first-order valence-electron chi connectivity index (χ1n) is 7.38. The Bertz CT molecular complexity index is 1040. The molecule has 10 heteroatoms. The molecule has 6 nitrogen and oxygen atoms in total. The molecular weight excluding hydrogens is 383 g/mol. The smallest absolute Gasteiger partial charge is 0.322 e. The molecule has 0 radical (unpaired) electrons. The Morgan fingerprint density at radius 2 is 1.89 bits per heavy atom. The molecule has 3 aromatic rings.